The van der Waals surface area contributed by atoms with Gasteiger partial charge in [0.15, 0.2) is 6.61 Å². The van der Waals surface area contributed by atoms with Crippen molar-refractivity contribution in [3.63, 3.8) is 0 Å². The molecule has 3 aromatic rings. The van der Waals surface area contributed by atoms with Crippen LogP contribution in [-0.2, 0) is 11.0 Å². The summed E-state index contributed by atoms with van der Waals surface area (Å²) in [6.45, 7) is 1.73. The number of pyridine rings is 1. The van der Waals surface area contributed by atoms with E-state index in [4.69, 9.17) is 16.3 Å². The van der Waals surface area contributed by atoms with E-state index in [-0.39, 0.29) is 23.4 Å². The number of amides is 1. The standard InChI is InChI=1S/C22H18ClF3N4O2/c1-14-2-6-17(7-3-14)29-21(31)13-32-19-8-4-15(10-18(19)23)11-28-30-20-9-5-16(12-27-20)22(24,25)26/h2-12H,13H2,1H3,(H,27,30)(H,29,31)/b28-11-. The number of ether oxygens (including phenoxy) is 1. The van der Waals surface area contributed by atoms with Gasteiger partial charge in [0.1, 0.15) is 11.6 Å². The largest absolute Gasteiger partial charge is 0.482 e. The van der Waals surface area contributed by atoms with Gasteiger partial charge >= 0.3 is 6.18 Å². The van der Waals surface area contributed by atoms with Crippen LogP contribution in [0.15, 0.2) is 65.9 Å². The number of aryl methyl sites for hydroxylation is 1. The minimum atomic E-state index is -4.45. The second kappa shape index (κ2) is 10.1. The molecular weight excluding hydrogens is 445 g/mol. The number of aromatic nitrogens is 1. The molecule has 0 fully saturated rings. The molecule has 0 bridgehead atoms. The number of anilines is 2. The number of hydrogen-bond donors (Lipinski definition) is 2. The van der Waals surface area contributed by atoms with Crippen molar-refractivity contribution in [2.45, 2.75) is 13.1 Å². The Bertz CT molecular complexity index is 1100. The molecule has 0 aliphatic rings. The van der Waals surface area contributed by atoms with Crippen LogP contribution in [0, 0.1) is 6.92 Å². The van der Waals surface area contributed by atoms with Gasteiger partial charge in [-0.1, -0.05) is 29.3 Å². The van der Waals surface area contributed by atoms with E-state index in [0.717, 1.165) is 17.8 Å². The Hall–Kier alpha value is -3.59. The summed E-state index contributed by atoms with van der Waals surface area (Å²) in [7, 11) is 0. The molecule has 6 nitrogen and oxygen atoms in total. The lowest BCUT2D eigenvalue weighted by molar-refractivity contribution is -0.137. The predicted octanol–water partition coefficient (Wildman–Crippen LogP) is 5.53. The number of benzene rings is 2. The Kier molecular flexibility index (Phi) is 7.32. The Morgan fingerprint density at radius 1 is 1.16 bits per heavy atom. The van der Waals surface area contributed by atoms with Crippen molar-refractivity contribution < 1.29 is 22.7 Å². The molecule has 2 aromatic carbocycles. The van der Waals surface area contributed by atoms with Crippen LogP contribution in [-0.4, -0.2) is 23.7 Å². The number of nitrogens with zero attached hydrogens (tertiary/aromatic N) is 2. The van der Waals surface area contributed by atoms with Gasteiger partial charge in [0, 0.05) is 11.9 Å². The maximum atomic E-state index is 12.5. The minimum absolute atomic E-state index is 0.153. The molecule has 0 atom stereocenters. The highest BCUT2D eigenvalue weighted by Gasteiger charge is 2.30. The number of halogens is 4. The van der Waals surface area contributed by atoms with E-state index < -0.39 is 11.7 Å². The van der Waals surface area contributed by atoms with Crippen molar-refractivity contribution >= 4 is 35.2 Å². The van der Waals surface area contributed by atoms with Crippen molar-refractivity contribution in [1.82, 2.24) is 4.98 Å². The number of alkyl halides is 3. The first-order valence-corrected chi connectivity index (χ1v) is 9.70. The van der Waals surface area contributed by atoms with Gasteiger partial charge in [0.05, 0.1) is 16.8 Å². The molecule has 0 aliphatic carbocycles. The molecule has 2 N–H and O–H groups in total. The van der Waals surface area contributed by atoms with Crippen molar-refractivity contribution in [3.05, 3.63) is 82.5 Å². The number of nitrogens with one attached hydrogen (secondary N) is 2. The van der Waals surface area contributed by atoms with Gasteiger partial charge in [-0.05, 0) is 55.0 Å². The zero-order chi connectivity index (χ0) is 23.1. The van der Waals surface area contributed by atoms with E-state index in [9.17, 15) is 18.0 Å². The van der Waals surface area contributed by atoms with Crippen molar-refractivity contribution in [2.75, 3.05) is 17.3 Å². The third-order valence-electron chi connectivity index (χ3n) is 4.13. The molecule has 10 heteroatoms. The summed E-state index contributed by atoms with van der Waals surface area (Å²) in [6.07, 6.45) is -2.31. The zero-order valence-electron chi connectivity index (χ0n) is 16.8. The summed E-state index contributed by atoms with van der Waals surface area (Å²) in [4.78, 5) is 15.7. The van der Waals surface area contributed by atoms with Gasteiger partial charge in [-0.3, -0.25) is 10.2 Å². The molecule has 0 saturated carbocycles. The molecule has 32 heavy (non-hydrogen) atoms. The highest BCUT2D eigenvalue weighted by Crippen LogP contribution is 2.29. The summed E-state index contributed by atoms with van der Waals surface area (Å²) in [6, 6.07) is 14.2. The molecular formula is C22H18ClF3N4O2. The fourth-order valence-corrected chi connectivity index (χ4v) is 2.74. The van der Waals surface area contributed by atoms with Gasteiger partial charge in [0.25, 0.3) is 5.91 Å². The second-order valence-electron chi connectivity index (χ2n) is 6.69. The molecule has 0 aliphatic heterocycles. The van der Waals surface area contributed by atoms with E-state index in [1.54, 1.807) is 30.3 Å². The monoisotopic (exact) mass is 462 g/mol. The van der Waals surface area contributed by atoms with Gasteiger partial charge in [-0.2, -0.15) is 18.3 Å². The lowest BCUT2D eigenvalue weighted by atomic mass is 10.2. The third-order valence-corrected chi connectivity index (χ3v) is 4.43. The summed E-state index contributed by atoms with van der Waals surface area (Å²) in [5.41, 5.74) is 4.04. The topological polar surface area (TPSA) is 75.6 Å². The quantitative estimate of drug-likeness (QED) is 0.358. The van der Waals surface area contributed by atoms with E-state index in [1.165, 1.54) is 12.3 Å². The summed E-state index contributed by atoms with van der Waals surface area (Å²) in [5, 5.41) is 6.91. The first kappa shape index (κ1) is 23.1. The fourth-order valence-electron chi connectivity index (χ4n) is 2.49. The molecule has 0 unspecified atom stereocenters. The summed E-state index contributed by atoms with van der Waals surface area (Å²) in [5.74, 6) is 0.143. The molecule has 1 heterocycles. The van der Waals surface area contributed by atoms with Crippen molar-refractivity contribution in [1.29, 1.82) is 0 Å². The number of rotatable bonds is 7. The van der Waals surface area contributed by atoms with Gasteiger partial charge < -0.3 is 10.1 Å². The second-order valence-corrected chi connectivity index (χ2v) is 7.10. The highest BCUT2D eigenvalue weighted by atomic mass is 35.5. The smallest absolute Gasteiger partial charge is 0.417 e. The maximum Gasteiger partial charge on any atom is 0.417 e. The van der Waals surface area contributed by atoms with Gasteiger partial charge in [-0.25, -0.2) is 4.98 Å². The maximum absolute atomic E-state index is 12.5. The molecule has 3 rings (SSSR count). The van der Waals surface area contributed by atoms with E-state index >= 15 is 0 Å². The first-order chi connectivity index (χ1) is 15.2. The Labute approximate surface area is 187 Å². The molecule has 0 radical (unpaired) electrons. The van der Waals surface area contributed by atoms with Crippen LogP contribution in [0.1, 0.15) is 16.7 Å². The number of carbonyl (C=O) groups is 1. The minimum Gasteiger partial charge on any atom is -0.482 e. The van der Waals surface area contributed by atoms with Crippen LogP contribution in [0.5, 0.6) is 5.75 Å². The molecule has 166 valence electrons. The SMILES string of the molecule is Cc1ccc(NC(=O)COc2ccc(/C=N\Nc3ccc(C(F)(F)F)cn3)cc2Cl)cc1. The lowest BCUT2D eigenvalue weighted by Gasteiger charge is -2.09. The van der Waals surface area contributed by atoms with Gasteiger partial charge in [-0.15, -0.1) is 0 Å². The van der Waals surface area contributed by atoms with Crippen LogP contribution in [0.25, 0.3) is 0 Å². The Morgan fingerprint density at radius 3 is 2.53 bits per heavy atom. The van der Waals surface area contributed by atoms with Gasteiger partial charge in [0.2, 0.25) is 0 Å². The van der Waals surface area contributed by atoms with E-state index in [2.05, 4.69) is 20.8 Å². The predicted molar refractivity (Wildman–Crippen MR) is 117 cm³/mol. The summed E-state index contributed by atoms with van der Waals surface area (Å²) >= 11 is 6.19. The number of hydrogen-bond acceptors (Lipinski definition) is 5. The normalized spacial score (nSPS) is 11.4. The Morgan fingerprint density at radius 2 is 1.91 bits per heavy atom. The van der Waals surface area contributed by atoms with E-state index in [1.807, 2.05) is 19.1 Å². The highest BCUT2D eigenvalue weighted by molar-refractivity contribution is 6.32. The average molecular weight is 463 g/mol. The molecule has 0 spiro atoms. The van der Waals surface area contributed by atoms with Crippen molar-refractivity contribution in [3.8, 4) is 5.75 Å². The van der Waals surface area contributed by atoms with Crippen LogP contribution in [0.3, 0.4) is 0 Å². The number of carbonyl (C=O) groups excluding carboxylic acids is 1. The Balaban J connectivity index is 1.52. The molecule has 1 aromatic heterocycles. The van der Waals surface area contributed by atoms with Crippen LogP contribution < -0.4 is 15.5 Å². The van der Waals surface area contributed by atoms with Crippen LogP contribution in [0.2, 0.25) is 5.02 Å². The fraction of sp³-hybridized carbons (Fsp3) is 0.136. The zero-order valence-corrected chi connectivity index (χ0v) is 17.5. The molecule has 0 saturated heterocycles. The third kappa shape index (κ3) is 6.71. The van der Waals surface area contributed by atoms with Crippen molar-refractivity contribution in [2.24, 2.45) is 5.10 Å². The molecule has 1 amide bonds. The van der Waals surface area contributed by atoms with Crippen LogP contribution >= 0.6 is 11.6 Å². The van der Waals surface area contributed by atoms with E-state index in [0.29, 0.717) is 17.0 Å². The average Bonchev–Trinajstić information content (AvgIpc) is 2.74. The van der Waals surface area contributed by atoms with Crippen LogP contribution in [0.4, 0.5) is 24.7 Å². The first-order valence-electron chi connectivity index (χ1n) is 9.32. The number of hydrazone groups is 1. The lowest BCUT2D eigenvalue weighted by Crippen LogP contribution is -2.20. The summed E-state index contributed by atoms with van der Waals surface area (Å²) < 4.78 is 43.1.